The summed E-state index contributed by atoms with van der Waals surface area (Å²) in [6, 6.07) is 9.79. The molecule has 5 heteroatoms. The van der Waals surface area contributed by atoms with E-state index in [4.69, 9.17) is 9.47 Å². The molecule has 0 bridgehead atoms. The van der Waals surface area contributed by atoms with Crippen LogP contribution in [0, 0.1) is 0 Å². The van der Waals surface area contributed by atoms with Crippen molar-refractivity contribution in [2.75, 3.05) is 19.8 Å². The molecule has 4 nitrogen and oxygen atoms in total. The molecule has 1 unspecified atom stereocenters. The average molecular weight is 333 g/mol. The number of benzene rings is 1. The number of allylic oxidation sites excluding steroid dienone is 3. The monoisotopic (exact) mass is 333 g/mol. The number of ketones is 1. The molecular weight excluding hydrogens is 310 g/mol. The molecule has 0 spiro atoms. The molecule has 0 radical (unpaired) electrons. The number of ether oxygens (including phenoxy) is 2. The molecule has 0 heterocycles. The Morgan fingerprint density at radius 2 is 2.00 bits per heavy atom. The first kappa shape index (κ1) is 19.2. The summed E-state index contributed by atoms with van der Waals surface area (Å²) in [4.78, 5) is 15.3. The van der Waals surface area contributed by atoms with Gasteiger partial charge in [-0.05, 0) is 32.7 Å². The molecule has 0 amide bonds. The predicted molar refractivity (Wildman–Crippen MR) is 98.0 cm³/mol. The Balaban J connectivity index is 2.40. The number of rotatable bonds is 10. The van der Waals surface area contributed by atoms with Crippen molar-refractivity contribution in [3.63, 3.8) is 0 Å². The largest absolute Gasteiger partial charge is 0.496 e. The van der Waals surface area contributed by atoms with Gasteiger partial charge in [0.2, 0.25) is 0 Å². The average Bonchev–Trinajstić information content (AvgIpc) is 2.55. The Morgan fingerprint density at radius 3 is 2.61 bits per heavy atom. The highest BCUT2D eigenvalue weighted by Gasteiger charge is 2.07. The number of nitrogens with zero attached hydrogens (tertiary/aromatic N) is 1. The Labute approximate surface area is 143 Å². The van der Waals surface area contributed by atoms with Gasteiger partial charge in [0.15, 0.2) is 5.78 Å². The van der Waals surface area contributed by atoms with E-state index in [0.29, 0.717) is 13.2 Å². The minimum Gasteiger partial charge on any atom is -0.496 e. The number of Topliss-reactive ketones (excluding diaryl/α,β-unsaturated/α-hetero) is 1. The van der Waals surface area contributed by atoms with Crippen molar-refractivity contribution in [2.24, 2.45) is 4.99 Å². The fraction of sp³-hybridized carbons (Fsp3) is 0.333. The molecule has 124 valence electrons. The van der Waals surface area contributed by atoms with E-state index in [2.05, 4.69) is 24.3 Å². The van der Waals surface area contributed by atoms with Crippen LogP contribution in [0.3, 0.4) is 0 Å². The van der Waals surface area contributed by atoms with Crippen LogP contribution in [0.5, 0.6) is 0 Å². The normalized spacial score (nSPS) is 13.5. The molecule has 0 aliphatic carbocycles. The van der Waals surface area contributed by atoms with E-state index < -0.39 is 0 Å². The first-order valence-corrected chi connectivity index (χ1v) is 7.88. The van der Waals surface area contributed by atoms with Gasteiger partial charge in [-0.3, -0.25) is 9.79 Å². The molecule has 0 aromatic heterocycles. The third-order valence-electron chi connectivity index (χ3n) is 2.98. The molecule has 0 N–H and O–H groups in total. The third-order valence-corrected chi connectivity index (χ3v) is 3.27. The minimum absolute atomic E-state index is 0.0342. The van der Waals surface area contributed by atoms with E-state index in [1.807, 2.05) is 49.4 Å². The van der Waals surface area contributed by atoms with Crippen LogP contribution in [0.15, 0.2) is 53.2 Å². The maximum absolute atomic E-state index is 11.3. The second-order valence-corrected chi connectivity index (χ2v) is 5.67. The van der Waals surface area contributed by atoms with Crippen molar-refractivity contribution in [3.8, 4) is 0 Å². The quantitative estimate of drug-likeness (QED) is 0.234. The van der Waals surface area contributed by atoms with Crippen molar-refractivity contribution in [2.45, 2.75) is 19.1 Å². The summed E-state index contributed by atoms with van der Waals surface area (Å²) < 4.78 is 10.7. The topological polar surface area (TPSA) is 47.9 Å². The van der Waals surface area contributed by atoms with Crippen LogP contribution in [-0.4, -0.2) is 37.6 Å². The SMILES string of the molecule is C=N/C(=C\C=C(/C)OCCOCC(=O)C(C)S)c1ccccc1. The van der Waals surface area contributed by atoms with Gasteiger partial charge in [0.1, 0.15) is 13.2 Å². The van der Waals surface area contributed by atoms with Gasteiger partial charge in [0.05, 0.1) is 23.3 Å². The van der Waals surface area contributed by atoms with E-state index in [1.165, 1.54) is 0 Å². The lowest BCUT2D eigenvalue weighted by molar-refractivity contribution is -0.123. The van der Waals surface area contributed by atoms with Crippen LogP contribution in [0.1, 0.15) is 19.4 Å². The molecule has 0 saturated heterocycles. The second kappa shape index (κ2) is 10.8. The predicted octanol–water partition coefficient (Wildman–Crippen LogP) is 3.55. The molecule has 0 aliphatic heterocycles. The molecule has 1 rings (SSSR count). The zero-order valence-corrected chi connectivity index (χ0v) is 14.5. The van der Waals surface area contributed by atoms with Crippen LogP contribution >= 0.6 is 12.6 Å². The highest BCUT2D eigenvalue weighted by atomic mass is 32.1. The molecule has 1 atom stereocenters. The fourth-order valence-corrected chi connectivity index (χ4v) is 1.72. The highest BCUT2D eigenvalue weighted by Crippen LogP contribution is 2.15. The molecule has 0 aliphatic rings. The van der Waals surface area contributed by atoms with Crippen LogP contribution in [-0.2, 0) is 14.3 Å². The van der Waals surface area contributed by atoms with E-state index in [-0.39, 0.29) is 17.6 Å². The van der Waals surface area contributed by atoms with Gasteiger partial charge in [0.25, 0.3) is 0 Å². The van der Waals surface area contributed by atoms with Crippen molar-refractivity contribution in [1.29, 1.82) is 0 Å². The summed E-state index contributed by atoms with van der Waals surface area (Å²) in [5.41, 5.74) is 1.77. The standard InChI is InChI=1S/C18H23NO3S/c1-14(22-12-11-21-13-18(20)15(2)23)9-10-17(19-3)16-7-5-4-6-8-16/h4-10,15,23H,3,11-13H2,1-2H3/b14-9+,17-10-. The molecule has 0 fully saturated rings. The maximum atomic E-state index is 11.3. The first-order chi connectivity index (χ1) is 11.0. The van der Waals surface area contributed by atoms with E-state index in [9.17, 15) is 4.79 Å². The lowest BCUT2D eigenvalue weighted by atomic mass is 10.1. The lowest BCUT2D eigenvalue weighted by Gasteiger charge is -2.07. The zero-order chi connectivity index (χ0) is 17.1. The van der Waals surface area contributed by atoms with Crippen LogP contribution < -0.4 is 0 Å². The van der Waals surface area contributed by atoms with Crippen molar-refractivity contribution < 1.29 is 14.3 Å². The number of hydrogen-bond acceptors (Lipinski definition) is 5. The van der Waals surface area contributed by atoms with Gasteiger partial charge in [-0.1, -0.05) is 30.3 Å². The van der Waals surface area contributed by atoms with Crippen LogP contribution in [0.4, 0.5) is 0 Å². The molecule has 23 heavy (non-hydrogen) atoms. The van der Waals surface area contributed by atoms with Crippen molar-refractivity contribution in [1.82, 2.24) is 0 Å². The smallest absolute Gasteiger partial charge is 0.170 e. The summed E-state index contributed by atoms with van der Waals surface area (Å²) in [6.45, 7) is 7.96. The highest BCUT2D eigenvalue weighted by molar-refractivity contribution is 7.81. The Bertz CT molecular complexity index is 565. The van der Waals surface area contributed by atoms with Gasteiger partial charge in [-0.25, -0.2) is 0 Å². The Hall–Kier alpha value is -1.85. The lowest BCUT2D eigenvalue weighted by Crippen LogP contribution is -2.18. The van der Waals surface area contributed by atoms with Gasteiger partial charge < -0.3 is 9.47 Å². The zero-order valence-electron chi connectivity index (χ0n) is 13.6. The summed E-state index contributed by atoms with van der Waals surface area (Å²) in [7, 11) is 0. The second-order valence-electron chi connectivity index (χ2n) is 4.90. The van der Waals surface area contributed by atoms with Gasteiger partial charge >= 0.3 is 0 Å². The minimum atomic E-state index is -0.300. The molecule has 1 aromatic carbocycles. The summed E-state index contributed by atoms with van der Waals surface area (Å²) >= 11 is 4.05. The Kier molecular flexibility index (Phi) is 9.02. The molecule has 0 saturated carbocycles. The van der Waals surface area contributed by atoms with Crippen LogP contribution in [0.2, 0.25) is 0 Å². The summed E-state index contributed by atoms with van der Waals surface area (Å²) in [6.07, 6.45) is 3.68. The molecular formula is C18H23NO3S. The van der Waals surface area contributed by atoms with Crippen molar-refractivity contribution >= 4 is 30.8 Å². The van der Waals surface area contributed by atoms with Crippen LogP contribution in [0.25, 0.3) is 5.70 Å². The van der Waals surface area contributed by atoms with Gasteiger partial charge in [0, 0.05) is 5.56 Å². The summed E-state index contributed by atoms with van der Waals surface area (Å²) in [5.74, 6) is 0.702. The number of thiol groups is 1. The van der Waals surface area contributed by atoms with Gasteiger partial charge in [-0.15, -0.1) is 0 Å². The van der Waals surface area contributed by atoms with E-state index >= 15 is 0 Å². The molecule has 1 aromatic rings. The number of aliphatic imine (C=N–C) groups is 1. The van der Waals surface area contributed by atoms with E-state index in [1.54, 1.807) is 6.92 Å². The van der Waals surface area contributed by atoms with Crippen molar-refractivity contribution in [3.05, 3.63) is 53.8 Å². The van der Waals surface area contributed by atoms with Gasteiger partial charge in [-0.2, -0.15) is 12.6 Å². The third kappa shape index (κ3) is 7.81. The number of hydrogen-bond donors (Lipinski definition) is 1. The maximum Gasteiger partial charge on any atom is 0.170 e. The number of carbonyl (C=O) groups is 1. The first-order valence-electron chi connectivity index (χ1n) is 7.36. The summed E-state index contributed by atoms with van der Waals surface area (Å²) in [5, 5.41) is -0.300. The van der Waals surface area contributed by atoms with E-state index in [0.717, 1.165) is 17.0 Å². The Morgan fingerprint density at radius 1 is 1.30 bits per heavy atom. The number of carbonyl (C=O) groups excluding carboxylic acids is 1. The fourth-order valence-electron chi connectivity index (χ4n) is 1.65.